The Bertz CT molecular complexity index is 1070. The summed E-state index contributed by atoms with van der Waals surface area (Å²) in [6.45, 7) is 1.60. The normalized spacial score (nSPS) is 16.1. The minimum absolute atomic E-state index is 0.0421. The molecule has 10 heteroatoms. The fourth-order valence-corrected chi connectivity index (χ4v) is 4.86. The molecule has 1 saturated heterocycles. The molecule has 2 aromatic carbocycles. The molecule has 0 bridgehead atoms. The Kier molecular flexibility index (Phi) is 6.51. The number of alkyl halides is 3. The Morgan fingerprint density at radius 3 is 2.19 bits per heavy atom. The second kappa shape index (κ2) is 8.80. The maximum absolute atomic E-state index is 12.8. The van der Waals surface area contributed by atoms with Gasteiger partial charge in [-0.15, -0.1) is 0 Å². The number of nitrogens with one attached hydrogen (secondary N) is 1. The summed E-state index contributed by atoms with van der Waals surface area (Å²) >= 11 is 0. The Hall–Kier alpha value is -2.72. The van der Waals surface area contributed by atoms with Crippen LogP contribution in [0.1, 0.15) is 35.7 Å². The van der Waals surface area contributed by atoms with Crippen LogP contribution < -0.4 is 5.32 Å². The van der Waals surface area contributed by atoms with E-state index in [-0.39, 0.29) is 42.3 Å². The Morgan fingerprint density at radius 2 is 1.65 bits per heavy atom. The van der Waals surface area contributed by atoms with Crippen molar-refractivity contribution in [1.82, 2.24) is 4.31 Å². The van der Waals surface area contributed by atoms with Crippen molar-refractivity contribution in [3.05, 3.63) is 59.7 Å². The lowest BCUT2D eigenvalue weighted by atomic mass is 9.97. The number of carbonyl (C=O) groups is 2. The minimum Gasteiger partial charge on any atom is -0.326 e. The number of hydrogen-bond acceptors (Lipinski definition) is 4. The molecular weight excluding hydrogens is 433 g/mol. The highest BCUT2D eigenvalue weighted by Crippen LogP contribution is 2.31. The van der Waals surface area contributed by atoms with Gasteiger partial charge in [-0.05, 0) is 50.1 Å². The first kappa shape index (κ1) is 23.0. The smallest absolute Gasteiger partial charge is 0.326 e. The van der Waals surface area contributed by atoms with Crippen LogP contribution in [0.25, 0.3) is 0 Å². The molecule has 1 aliphatic rings. The lowest BCUT2D eigenvalue weighted by Gasteiger charge is -2.30. The number of ketones is 1. The van der Waals surface area contributed by atoms with E-state index in [4.69, 9.17) is 0 Å². The summed E-state index contributed by atoms with van der Waals surface area (Å²) < 4.78 is 65.3. The van der Waals surface area contributed by atoms with Crippen molar-refractivity contribution >= 4 is 27.4 Å². The SMILES string of the molecule is CC(=O)c1ccc(S(=O)(=O)N2CCC(C(=O)Nc3cccc(C(F)(F)F)c3)CC2)cc1. The average molecular weight is 454 g/mol. The van der Waals surface area contributed by atoms with Crippen molar-refractivity contribution in [2.75, 3.05) is 18.4 Å². The summed E-state index contributed by atoms with van der Waals surface area (Å²) in [5, 5.41) is 2.49. The van der Waals surface area contributed by atoms with E-state index in [1.165, 1.54) is 47.6 Å². The lowest BCUT2D eigenvalue weighted by Crippen LogP contribution is -2.41. The zero-order valence-corrected chi connectivity index (χ0v) is 17.5. The minimum atomic E-state index is -4.51. The van der Waals surface area contributed by atoms with Crippen LogP contribution in [0, 0.1) is 5.92 Å². The van der Waals surface area contributed by atoms with Crippen molar-refractivity contribution in [2.45, 2.75) is 30.8 Å². The first-order chi connectivity index (χ1) is 14.5. The topological polar surface area (TPSA) is 83.6 Å². The first-order valence-electron chi connectivity index (χ1n) is 9.58. The van der Waals surface area contributed by atoms with Crippen molar-refractivity contribution in [3.63, 3.8) is 0 Å². The van der Waals surface area contributed by atoms with Crippen molar-refractivity contribution in [1.29, 1.82) is 0 Å². The Labute approximate surface area is 178 Å². The van der Waals surface area contributed by atoms with Crippen molar-refractivity contribution in [2.24, 2.45) is 5.92 Å². The highest BCUT2D eigenvalue weighted by molar-refractivity contribution is 7.89. The molecule has 6 nitrogen and oxygen atoms in total. The number of rotatable bonds is 5. The van der Waals surface area contributed by atoms with E-state index in [1.54, 1.807) is 0 Å². The number of anilines is 1. The molecule has 31 heavy (non-hydrogen) atoms. The van der Waals surface area contributed by atoms with Crippen LogP contribution in [0.2, 0.25) is 0 Å². The van der Waals surface area contributed by atoms with E-state index in [2.05, 4.69) is 5.32 Å². The van der Waals surface area contributed by atoms with Gasteiger partial charge in [-0.1, -0.05) is 18.2 Å². The summed E-state index contributed by atoms with van der Waals surface area (Å²) in [5.74, 6) is -1.13. The molecule has 0 atom stereocenters. The van der Waals surface area contributed by atoms with Crippen LogP contribution in [0.3, 0.4) is 0 Å². The van der Waals surface area contributed by atoms with Gasteiger partial charge in [0.25, 0.3) is 0 Å². The highest BCUT2D eigenvalue weighted by Gasteiger charge is 2.33. The quantitative estimate of drug-likeness (QED) is 0.694. The second-order valence-electron chi connectivity index (χ2n) is 7.33. The van der Waals surface area contributed by atoms with Gasteiger partial charge in [-0.3, -0.25) is 9.59 Å². The zero-order chi connectivity index (χ0) is 22.8. The molecule has 3 rings (SSSR count). The zero-order valence-electron chi connectivity index (χ0n) is 16.6. The van der Waals surface area contributed by atoms with E-state index in [1.807, 2.05) is 0 Å². The summed E-state index contributed by atoms with van der Waals surface area (Å²) in [4.78, 5) is 23.9. The van der Waals surface area contributed by atoms with Crippen LogP contribution in [0.4, 0.5) is 18.9 Å². The maximum atomic E-state index is 12.8. The Morgan fingerprint density at radius 1 is 1.03 bits per heavy atom. The third-order valence-electron chi connectivity index (χ3n) is 5.18. The lowest BCUT2D eigenvalue weighted by molar-refractivity contribution is -0.137. The monoisotopic (exact) mass is 454 g/mol. The summed E-state index contributed by atoms with van der Waals surface area (Å²) in [5.41, 5.74) is -0.411. The molecule has 0 radical (unpaired) electrons. The van der Waals surface area contributed by atoms with E-state index in [0.717, 1.165) is 12.1 Å². The molecule has 0 unspecified atom stereocenters. The number of benzene rings is 2. The molecular formula is C21H21F3N2O4S. The highest BCUT2D eigenvalue weighted by atomic mass is 32.2. The first-order valence-corrected chi connectivity index (χ1v) is 11.0. The molecule has 1 fully saturated rings. The fourth-order valence-electron chi connectivity index (χ4n) is 3.39. The number of halogens is 3. The van der Waals surface area contributed by atoms with E-state index >= 15 is 0 Å². The molecule has 0 aliphatic carbocycles. The molecule has 0 aromatic heterocycles. The van der Waals surface area contributed by atoms with Crippen LogP contribution in [0.15, 0.2) is 53.4 Å². The van der Waals surface area contributed by atoms with Gasteiger partial charge in [0, 0.05) is 30.3 Å². The van der Waals surface area contributed by atoms with Crippen LogP contribution in [0.5, 0.6) is 0 Å². The average Bonchev–Trinajstić information content (AvgIpc) is 2.73. The predicted octanol–water partition coefficient (Wildman–Crippen LogP) is 3.95. The molecule has 0 saturated carbocycles. The maximum Gasteiger partial charge on any atom is 0.416 e. The molecule has 1 N–H and O–H groups in total. The summed E-state index contributed by atoms with van der Waals surface area (Å²) in [6, 6.07) is 10.0. The van der Waals surface area contributed by atoms with Gasteiger partial charge in [-0.2, -0.15) is 17.5 Å². The van der Waals surface area contributed by atoms with Crippen LogP contribution in [-0.2, 0) is 21.0 Å². The Balaban J connectivity index is 1.62. The molecule has 2 aromatic rings. The molecule has 0 spiro atoms. The van der Waals surface area contributed by atoms with Gasteiger partial charge >= 0.3 is 6.18 Å². The van der Waals surface area contributed by atoms with Crippen molar-refractivity contribution < 1.29 is 31.2 Å². The van der Waals surface area contributed by atoms with E-state index in [9.17, 15) is 31.2 Å². The second-order valence-corrected chi connectivity index (χ2v) is 9.26. The summed E-state index contributed by atoms with van der Waals surface area (Å²) in [7, 11) is -3.77. The molecule has 1 aliphatic heterocycles. The van der Waals surface area contributed by atoms with Gasteiger partial charge in [-0.25, -0.2) is 8.42 Å². The third kappa shape index (κ3) is 5.31. The predicted molar refractivity (Wildman–Crippen MR) is 108 cm³/mol. The number of nitrogens with zero attached hydrogens (tertiary/aromatic N) is 1. The standard InChI is InChI=1S/C21H21F3N2O4S/c1-14(27)15-5-7-19(8-6-15)31(29,30)26-11-9-16(10-12-26)20(28)25-18-4-2-3-17(13-18)21(22,23)24/h2-8,13,16H,9-12H2,1H3,(H,25,28). The van der Waals surface area contributed by atoms with Gasteiger partial charge in [0.05, 0.1) is 10.5 Å². The number of sulfonamides is 1. The number of piperidine rings is 1. The van der Waals surface area contributed by atoms with Gasteiger partial charge < -0.3 is 5.32 Å². The van der Waals surface area contributed by atoms with E-state index < -0.39 is 33.6 Å². The fraction of sp³-hybridized carbons (Fsp3) is 0.333. The van der Waals surface area contributed by atoms with Crippen LogP contribution in [-0.4, -0.2) is 37.5 Å². The molecule has 1 amide bonds. The van der Waals surface area contributed by atoms with Gasteiger partial charge in [0.1, 0.15) is 0 Å². The molecule has 1 heterocycles. The largest absolute Gasteiger partial charge is 0.416 e. The van der Waals surface area contributed by atoms with Crippen molar-refractivity contribution in [3.8, 4) is 0 Å². The van der Waals surface area contributed by atoms with E-state index in [0.29, 0.717) is 5.56 Å². The van der Waals surface area contributed by atoms with Gasteiger partial charge in [0.15, 0.2) is 5.78 Å². The number of hydrogen-bond donors (Lipinski definition) is 1. The number of amides is 1. The van der Waals surface area contributed by atoms with Gasteiger partial charge in [0.2, 0.25) is 15.9 Å². The third-order valence-corrected chi connectivity index (χ3v) is 7.09. The number of carbonyl (C=O) groups excluding carboxylic acids is 2. The summed E-state index contributed by atoms with van der Waals surface area (Å²) in [6.07, 6.45) is -4.02. The number of Topliss-reactive ketones (excluding diaryl/α,β-unsaturated/α-hetero) is 1. The van der Waals surface area contributed by atoms with Crippen LogP contribution >= 0.6 is 0 Å². The molecule has 166 valence electrons.